The van der Waals surface area contributed by atoms with E-state index in [4.69, 9.17) is 5.73 Å². The Labute approximate surface area is 137 Å². The van der Waals surface area contributed by atoms with Crippen LogP contribution in [0.2, 0.25) is 0 Å². The van der Waals surface area contributed by atoms with Gasteiger partial charge in [0.25, 0.3) is 0 Å². The van der Waals surface area contributed by atoms with Crippen molar-refractivity contribution in [2.45, 2.75) is 17.4 Å². The molecule has 2 aromatic rings. The van der Waals surface area contributed by atoms with E-state index in [2.05, 4.69) is 0 Å². The van der Waals surface area contributed by atoms with Crippen molar-refractivity contribution in [1.82, 2.24) is 4.31 Å². The van der Waals surface area contributed by atoms with Crippen molar-refractivity contribution in [3.8, 4) is 11.1 Å². The van der Waals surface area contributed by atoms with Crippen molar-refractivity contribution >= 4 is 22.4 Å². The van der Waals surface area contributed by atoms with Gasteiger partial charge in [-0.1, -0.05) is 48.5 Å². The largest absolute Gasteiger partial charge is 0.326 e. The van der Waals surface area contributed by atoms with Crippen molar-refractivity contribution in [3.05, 3.63) is 54.6 Å². The third kappa shape index (κ3) is 3.17. The molecule has 22 heavy (non-hydrogen) atoms. The molecule has 0 amide bonds. The SMILES string of the molecule is Cl.NC1CCN(S(=O)(=O)c2ccccc2-c2ccccc2)C1. The molecule has 0 aromatic heterocycles. The number of nitrogens with two attached hydrogens (primary N) is 1. The summed E-state index contributed by atoms with van der Waals surface area (Å²) >= 11 is 0. The van der Waals surface area contributed by atoms with E-state index in [0.29, 0.717) is 24.4 Å². The highest BCUT2D eigenvalue weighted by Crippen LogP contribution is 2.30. The van der Waals surface area contributed by atoms with Crippen molar-refractivity contribution in [3.63, 3.8) is 0 Å². The molecule has 0 saturated carbocycles. The molecule has 3 rings (SSSR count). The summed E-state index contributed by atoms with van der Waals surface area (Å²) < 4.78 is 27.2. The van der Waals surface area contributed by atoms with Crippen LogP contribution < -0.4 is 5.73 Å². The smallest absolute Gasteiger partial charge is 0.243 e. The highest BCUT2D eigenvalue weighted by Gasteiger charge is 2.32. The molecule has 1 aliphatic rings. The van der Waals surface area contributed by atoms with E-state index in [0.717, 1.165) is 11.1 Å². The normalized spacial score (nSPS) is 18.9. The van der Waals surface area contributed by atoms with E-state index < -0.39 is 10.0 Å². The van der Waals surface area contributed by atoms with E-state index in [1.807, 2.05) is 42.5 Å². The Kier molecular flexibility index (Phi) is 5.24. The van der Waals surface area contributed by atoms with Gasteiger partial charge in [-0.15, -0.1) is 12.4 Å². The third-order valence-electron chi connectivity index (χ3n) is 3.78. The highest BCUT2D eigenvalue weighted by molar-refractivity contribution is 7.89. The molecule has 1 atom stereocenters. The molecule has 1 heterocycles. The Morgan fingerprint density at radius 2 is 1.64 bits per heavy atom. The zero-order chi connectivity index (χ0) is 14.9. The lowest BCUT2D eigenvalue weighted by atomic mass is 10.1. The minimum atomic E-state index is -3.50. The van der Waals surface area contributed by atoms with Crippen LogP contribution in [0.1, 0.15) is 6.42 Å². The molecule has 0 bridgehead atoms. The molecule has 0 spiro atoms. The fourth-order valence-electron chi connectivity index (χ4n) is 2.66. The maximum absolute atomic E-state index is 12.8. The standard InChI is InChI=1S/C16H18N2O2S.ClH/c17-14-10-11-18(12-14)21(19,20)16-9-5-4-8-15(16)13-6-2-1-3-7-13;/h1-9,14H,10-12,17H2;1H. The number of rotatable bonds is 3. The van der Waals surface area contributed by atoms with Crippen LogP contribution in [-0.2, 0) is 10.0 Å². The van der Waals surface area contributed by atoms with Crippen LogP contribution in [0.5, 0.6) is 0 Å². The first kappa shape index (κ1) is 17.0. The summed E-state index contributed by atoms with van der Waals surface area (Å²) in [5, 5.41) is 0. The first-order valence-electron chi connectivity index (χ1n) is 6.99. The first-order valence-corrected chi connectivity index (χ1v) is 8.43. The summed E-state index contributed by atoms with van der Waals surface area (Å²) in [5.74, 6) is 0. The van der Waals surface area contributed by atoms with Gasteiger partial charge in [0.2, 0.25) is 10.0 Å². The number of nitrogens with zero attached hydrogens (tertiary/aromatic N) is 1. The molecule has 118 valence electrons. The monoisotopic (exact) mass is 338 g/mol. The second-order valence-electron chi connectivity index (χ2n) is 5.27. The molecule has 4 nitrogen and oxygen atoms in total. The van der Waals surface area contributed by atoms with Crippen molar-refractivity contribution < 1.29 is 8.42 Å². The van der Waals surface area contributed by atoms with Crippen molar-refractivity contribution in [2.24, 2.45) is 5.73 Å². The quantitative estimate of drug-likeness (QED) is 0.935. The minimum absolute atomic E-state index is 0. The second kappa shape index (κ2) is 6.79. The number of hydrogen-bond donors (Lipinski definition) is 1. The van der Waals surface area contributed by atoms with E-state index in [9.17, 15) is 8.42 Å². The Bertz CT molecular complexity index is 735. The van der Waals surface area contributed by atoms with Crippen molar-refractivity contribution in [1.29, 1.82) is 0 Å². The van der Waals surface area contributed by atoms with Gasteiger partial charge >= 0.3 is 0 Å². The van der Waals surface area contributed by atoms with E-state index >= 15 is 0 Å². The highest BCUT2D eigenvalue weighted by atomic mass is 35.5. The van der Waals surface area contributed by atoms with Gasteiger partial charge in [-0.05, 0) is 18.1 Å². The first-order chi connectivity index (χ1) is 10.1. The summed E-state index contributed by atoms with van der Waals surface area (Å²) in [7, 11) is -3.50. The Balaban J connectivity index is 0.00000176. The molecule has 1 unspecified atom stereocenters. The van der Waals surface area contributed by atoms with E-state index in [-0.39, 0.29) is 18.4 Å². The van der Waals surface area contributed by atoms with Gasteiger partial charge in [0, 0.05) is 24.7 Å². The Morgan fingerprint density at radius 1 is 1.00 bits per heavy atom. The Morgan fingerprint density at radius 3 is 2.27 bits per heavy atom. The summed E-state index contributed by atoms with van der Waals surface area (Å²) in [6, 6.07) is 16.6. The number of sulfonamides is 1. The average Bonchev–Trinajstić information content (AvgIpc) is 2.95. The lowest BCUT2D eigenvalue weighted by Crippen LogP contribution is -2.32. The molecule has 1 aliphatic heterocycles. The molecule has 0 aliphatic carbocycles. The van der Waals surface area contributed by atoms with Gasteiger partial charge in [0.15, 0.2) is 0 Å². The van der Waals surface area contributed by atoms with Crippen LogP contribution in [0.25, 0.3) is 11.1 Å². The molecule has 1 fully saturated rings. The van der Waals surface area contributed by atoms with Crippen molar-refractivity contribution in [2.75, 3.05) is 13.1 Å². The second-order valence-corrected chi connectivity index (χ2v) is 7.18. The average molecular weight is 339 g/mol. The molecule has 0 radical (unpaired) electrons. The zero-order valence-electron chi connectivity index (χ0n) is 12.1. The molecule has 2 N–H and O–H groups in total. The fourth-order valence-corrected chi connectivity index (χ4v) is 4.39. The summed E-state index contributed by atoms with van der Waals surface area (Å²) in [6.45, 7) is 0.887. The van der Waals surface area contributed by atoms with Crippen LogP contribution in [0.15, 0.2) is 59.5 Å². The van der Waals surface area contributed by atoms with E-state index in [1.165, 1.54) is 4.31 Å². The third-order valence-corrected chi connectivity index (χ3v) is 5.70. The van der Waals surface area contributed by atoms with Gasteiger partial charge < -0.3 is 5.73 Å². The number of benzene rings is 2. The Hall–Kier alpha value is -1.40. The summed E-state index contributed by atoms with van der Waals surface area (Å²) in [5.41, 5.74) is 7.48. The van der Waals surface area contributed by atoms with Gasteiger partial charge in [0.1, 0.15) is 0 Å². The van der Waals surface area contributed by atoms with Crippen LogP contribution in [0.3, 0.4) is 0 Å². The van der Waals surface area contributed by atoms with Gasteiger partial charge in [-0.2, -0.15) is 4.31 Å². The van der Waals surface area contributed by atoms with Crippen LogP contribution >= 0.6 is 12.4 Å². The lowest BCUT2D eigenvalue weighted by molar-refractivity contribution is 0.472. The van der Waals surface area contributed by atoms with E-state index in [1.54, 1.807) is 12.1 Å². The van der Waals surface area contributed by atoms with Gasteiger partial charge in [-0.25, -0.2) is 8.42 Å². The van der Waals surface area contributed by atoms with Gasteiger partial charge in [0.05, 0.1) is 4.90 Å². The summed E-state index contributed by atoms with van der Waals surface area (Å²) in [6.07, 6.45) is 0.715. The number of hydrogen-bond acceptors (Lipinski definition) is 3. The fraction of sp³-hybridized carbons (Fsp3) is 0.250. The van der Waals surface area contributed by atoms with Crippen LogP contribution in [-0.4, -0.2) is 31.9 Å². The predicted molar refractivity (Wildman–Crippen MR) is 90.5 cm³/mol. The lowest BCUT2D eigenvalue weighted by Gasteiger charge is -2.18. The topological polar surface area (TPSA) is 63.4 Å². The maximum Gasteiger partial charge on any atom is 0.243 e. The van der Waals surface area contributed by atoms with Crippen LogP contribution in [0.4, 0.5) is 0 Å². The molecule has 6 heteroatoms. The molecular weight excluding hydrogens is 320 g/mol. The summed E-state index contributed by atoms with van der Waals surface area (Å²) in [4.78, 5) is 0.352. The molecule has 2 aromatic carbocycles. The van der Waals surface area contributed by atoms with Gasteiger partial charge in [-0.3, -0.25) is 0 Å². The maximum atomic E-state index is 12.8. The molecular formula is C16H19ClN2O2S. The zero-order valence-corrected chi connectivity index (χ0v) is 13.7. The van der Waals surface area contributed by atoms with Crippen LogP contribution in [0, 0.1) is 0 Å². The minimum Gasteiger partial charge on any atom is -0.326 e. The molecule has 1 saturated heterocycles. The predicted octanol–water partition coefficient (Wildman–Crippen LogP) is 2.50. The number of halogens is 1.